The molecule has 0 spiro atoms. The van der Waals surface area contributed by atoms with Gasteiger partial charge in [-0.3, -0.25) is 4.79 Å². The van der Waals surface area contributed by atoms with E-state index in [1.54, 1.807) is 6.07 Å². The third kappa shape index (κ3) is 7.80. The van der Waals surface area contributed by atoms with E-state index < -0.39 is 36.2 Å². The molecule has 2 aromatic carbocycles. The molecule has 0 heterocycles. The highest BCUT2D eigenvalue weighted by Crippen LogP contribution is 2.42. The minimum absolute atomic E-state index is 0.159. The molecule has 180 valence electrons. The first-order valence-electron chi connectivity index (χ1n) is 9.83. The van der Waals surface area contributed by atoms with Gasteiger partial charge >= 0.3 is 12.3 Å². The van der Waals surface area contributed by atoms with Gasteiger partial charge in [0.2, 0.25) is 5.91 Å². The Labute approximate surface area is 197 Å². The summed E-state index contributed by atoms with van der Waals surface area (Å²) in [7, 11) is 0. The number of hydrogen-bond acceptors (Lipinski definition) is 3. The Hall–Kier alpha value is -2.49. The fourth-order valence-corrected chi connectivity index (χ4v) is 3.53. The summed E-state index contributed by atoms with van der Waals surface area (Å²) in [6.45, 7) is 0.966. The third-order valence-corrected chi connectivity index (χ3v) is 5.77. The molecule has 0 radical (unpaired) electrons. The molecule has 1 unspecified atom stereocenters. The Morgan fingerprint density at radius 2 is 1.55 bits per heavy atom. The zero-order chi connectivity index (χ0) is 24.9. The van der Waals surface area contributed by atoms with Crippen molar-refractivity contribution < 1.29 is 38.1 Å². The highest BCUT2D eigenvalue weighted by molar-refractivity contribution is 6.33. The molecule has 1 fully saturated rings. The number of hydrogen-bond donors (Lipinski definition) is 4. The van der Waals surface area contributed by atoms with Crippen LogP contribution in [0.1, 0.15) is 42.9 Å². The Morgan fingerprint density at radius 3 is 2.03 bits per heavy atom. The maximum atomic E-state index is 13.4. The van der Waals surface area contributed by atoms with Gasteiger partial charge in [-0.1, -0.05) is 48.3 Å². The average Bonchev–Trinajstić information content (AvgIpc) is 3.55. The summed E-state index contributed by atoms with van der Waals surface area (Å²) in [4.78, 5) is 21.5. The van der Waals surface area contributed by atoms with Crippen LogP contribution in [-0.2, 0) is 4.79 Å². The van der Waals surface area contributed by atoms with Crippen LogP contribution >= 0.6 is 23.2 Å². The van der Waals surface area contributed by atoms with Gasteiger partial charge in [0.15, 0.2) is 0 Å². The fraction of sp³-hybridized carbons (Fsp3) is 0.364. The zero-order valence-electron chi connectivity index (χ0n) is 17.3. The van der Waals surface area contributed by atoms with Crippen molar-refractivity contribution in [3.8, 4) is 0 Å². The lowest BCUT2D eigenvalue weighted by molar-refractivity contribution is -0.178. The van der Waals surface area contributed by atoms with Gasteiger partial charge in [0, 0.05) is 5.02 Å². The van der Waals surface area contributed by atoms with Crippen molar-refractivity contribution in [3.05, 3.63) is 63.6 Å². The quantitative estimate of drug-likeness (QED) is 0.353. The van der Waals surface area contributed by atoms with E-state index >= 15 is 0 Å². The topological polar surface area (TPSA) is 107 Å². The van der Waals surface area contributed by atoms with Gasteiger partial charge in [-0.15, -0.1) is 0 Å². The first-order chi connectivity index (χ1) is 15.3. The largest absolute Gasteiger partial charge is 0.503 e. The molecule has 3 rings (SSSR count). The first kappa shape index (κ1) is 26.8. The van der Waals surface area contributed by atoms with Crippen molar-refractivity contribution in [2.75, 3.05) is 5.32 Å². The molecular weight excluding hydrogens is 486 g/mol. The minimum atomic E-state index is -4.57. The molecule has 1 saturated carbocycles. The number of halogens is 5. The number of aliphatic hydroxyl groups excluding tert-OH is 1. The highest BCUT2D eigenvalue weighted by atomic mass is 35.5. The smallest absolute Gasteiger partial charge is 0.450 e. The van der Waals surface area contributed by atoms with Gasteiger partial charge in [-0.25, -0.2) is 4.79 Å². The van der Waals surface area contributed by atoms with Crippen molar-refractivity contribution in [2.45, 2.75) is 38.0 Å². The van der Waals surface area contributed by atoms with Gasteiger partial charge in [-0.2, -0.15) is 13.2 Å². The summed E-state index contributed by atoms with van der Waals surface area (Å²) in [5.74, 6) is -4.09. The summed E-state index contributed by atoms with van der Waals surface area (Å²) in [6, 6.07) is 10.4. The number of carbonyl (C=O) groups is 2. The number of rotatable bonds is 6. The number of carboxylic acid groups (broad SMARTS) is 2. The van der Waals surface area contributed by atoms with Crippen LogP contribution in [0.25, 0.3) is 0 Å². The monoisotopic (exact) mass is 507 g/mol. The predicted octanol–water partition coefficient (Wildman–Crippen LogP) is 6.58. The molecule has 0 aliphatic heterocycles. The van der Waals surface area contributed by atoms with Crippen LogP contribution in [0.3, 0.4) is 0 Å². The lowest BCUT2D eigenvalue weighted by Gasteiger charge is -2.26. The van der Waals surface area contributed by atoms with Gasteiger partial charge in [0.1, 0.15) is 0 Å². The van der Waals surface area contributed by atoms with Crippen LogP contribution in [0, 0.1) is 11.8 Å². The molecule has 33 heavy (non-hydrogen) atoms. The summed E-state index contributed by atoms with van der Waals surface area (Å²) < 4.78 is 40.3. The first-order valence-corrected chi connectivity index (χ1v) is 10.6. The van der Waals surface area contributed by atoms with Crippen molar-refractivity contribution in [1.29, 1.82) is 0 Å². The zero-order valence-corrected chi connectivity index (χ0v) is 18.8. The lowest BCUT2D eigenvalue weighted by Crippen LogP contribution is -2.34. The van der Waals surface area contributed by atoms with E-state index in [1.807, 2.05) is 0 Å². The number of amides is 1. The Balaban J connectivity index is 0.000000890. The van der Waals surface area contributed by atoms with Gasteiger partial charge < -0.3 is 20.6 Å². The van der Waals surface area contributed by atoms with Crippen LogP contribution in [-0.4, -0.2) is 33.6 Å². The van der Waals surface area contributed by atoms with Crippen molar-refractivity contribution in [3.63, 3.8) is 0 Å². The number of alkyl halides is 3. The molecule has 0 saturated heterocycles. The molecular formula is C22H22Cl2F3NO5. The fourth-order valence-electron chi connectivity index (χ4n) is 3.24. The summed E-state index contributed by atoms with van der Waals surface area (Å²) in [5.41, 5.74) is 0.934. The second-order valence-electron chi connectivity index (χ2n) is 7.65. The Kier molecular flexibility index (Phi) is 8.99. The van der Waals surface area contributed by atoms with Crippen LogP contribution in [0.2, 0.25) is 10.0 Å². The van der Waals surface area contributed by atoms with Gasteiger partial charge in [0.05, 0.1) is 28.6 Å². The predicted molar refractivity (Wildman–Crippen MR) is 118 cm³/mol. The Bertz CT molecular complexity index is 977. The molecule has 3 atom stereocenters. The molecule has 1 amide bonds. The highest BCUT2D eigenvalue weighted by Gasteiger charge is 2.45. The van der Waals surface area contributed by atoms with Crippen LogP contribution in [0.15, 0.2) is 42.5 Å². The van der Waals surface area contributed by atoms with Crippen molar-refractivity contribution in [1.82, 2.24) is 0 Å². The van der Waals surface area contributed by atoms with E-state index in [-0.39, 0.29) is 22.2 Å². The number of aliphatic hydroxyl groups is 1. The second-order valence-corrected chi connectivity index (χ2v) is 8.50. The SMILES string of the molecule is C[C@H]([C@H](C(=O)Nc1cc(C(O)C2CC2)ccc1Cl)c1ccc(Cl)cc1)C(F)(F)F.O=C(O)O. The minimum Gasteiger partial charge on any atom is -0.450 e. The molecule has 0 aromatic heterocycles. The van der Waals surface area contributed by atoms with E-state index in [2.05, 4.69) is 5.32 Å². The van der Waals surface area contributed by atoms with Crippen LogP contribution < -0.4 is 5.32 Å². The molecule has 1 aliphatic rings. The van der Waals surface area contributed by atoms with Crippen LogP contribution in [0.4, 0.5) is 23.7 Å². The third-order valence-electron chi connectivity index (χ3n) is 5.19. The lowest BCUT2D eigenvalue weighted by atomic mass is 9.86. The molecule has 1 aliphatic carbocycles. The number of carbonyl (C=O) groups excluding carboxylic acids is 1. The summed E-state index contributed by atoms with van der Waals surface area (Å²) in [6.07, 6.45) is -5.28. The average molecular weight is 508 g/mol. The number of benzene rings is 2. The van der Waals surface area contributed by atoms with Crippen LogP contribution in [0.5, 0.6) is 0 Å². The van der Waals surface area contributed by atoms with Gasteiger partial charge in [-0.05, 0) is 54.2 Å². The van der Waals surface area contributed by atoms with E-state index in [4.69, 9.17) is 38.2 Å². The number of anilines is 1. The maximum Gasteiger partial charge on any atom is 0.503 e. The van der Waals surface area contributed by atoms with E-state index in [1.165, 1.54) is 36.4 Å². The van der Waals surface area contributed by atoms with E-state index in [9.17, 15) is 23.1 Å². The second kappa shape index (κ2) is 11.1. The molecule has 11 heteroatoms. The molecule has 4 N–H and O–H groups in total. The number of nitrogens with one attached hydrogen (secondary N) is 1. The van der Waals surface area contributed by atoms with Crippen molar-refractivity contribution >= 4 is 41.0 Å². The summed E-state index contributed by atoms with van der Waals surface area (Å²) in [5, 5.41) is 27.3. The van der Waals surface area contributed by atoms with Gasteiger partial charge in [0.25, 0.3) is 0 Å². The standard InChI is InChI=1S/C21H20Cl2F3NO2.CH2O3/c1-11(21(24,25)26)18(12-4-7-15(22)8-5-12)20(29)27-17-10-14(6-9-16(17)23)19(28)13-2-3-13;2-1(3)4/h4-11,13,18-19,28H,2-3H2,1H3,(H,27,29);(H2,2,3,4)/t11-,18+,19?;/m1./s1. The molecule has 0 bridgehead atoms. The van der Waals surface area contributed by atoms with E-state index in [0.29, 0.717) is 10.6 Å². The normalized spacial score (nSPS) is 16.1. The summed E-state index contributed by atoms with van der Waals surface area (Å²) >= 11 is 12.0. The maximum absolute atomic E-state index is 13.4. The van der Waals surface area contributed by atoms with Crippen molar-refractivity contribution in [2.24, 2.45) is 11.8 Å². The Morgan fingerprint density at radius 1 is 1.03 bits per heavy atom. The molecule has 6 nitrogen and oxygen atoms in total. The van der Waals surface area contributed by atoms with E-state index in [0.717, 1.165) is 19.8 Å². The molecule has 2 aromatic rings.